The highest BCUT2D eigenvalue weighted by molar-refractivity contribution is 5.95. The zero-order valence-corrected chi connectivity index (χ0v) is 17.3. The van der Waals surface area contributed by atoms with Crippen molar-refractivity contribution in [1.82, 2.24) is 10.3 Å². The van der Waals surface area contributed by atoms with Gasteiger partial charge in [0.1, 0.15) is 11.6 Å². The average Bonchev–Trinajstić information content (AvgIpc) is 2.67. The molecule has 158 valence electrons. The topological polar surface area (TPSA) is 86.7 Å². The number of hydrogen-bond acceptors (Lipinski definition) is 6. The Bertz CT molecular complexity index is 797. The molecule has 2 aromatic rings. The predicted octanol–water partition coefficient (Wildman–Crippen LogP) is 3.10. The fourth-order valence-electron chi connectivity index (χ4n) is 2.72. The van der Waals surface area contributed by atoms with Crippen LogP contribution in [0.4, 0.5) is 15.9 Å². The van der Waals surface area contributed by atoms with Gasteiger partial charge in [0.2, 0.25) is 0 Å². The van der Waals surface area contributed by atoms with Crippen molar-refractivity contribution in [2.45, 2.75) is 26.3 Å². The molecule has 8 heteroatoms. The third kappa shape index (κ3) is 6.99. The maximum Gasteiger partial charge on any atom is 0.254 e. The highest BCUT2D eigenvalue weighted by Gasteiger charge is 2.18. The standard InChI is InChI=1S/C21H29FN4O3/c1-14(2)12-29-13-17(9-15-5-8-20(23-11-15)26(3)4)24-21(27)18-7-6-16(25-28)10-19(18)22/h5-8,10-11,14,17,25,28H,9,12-13H2,1-4H3,(H,24,27). The number of hydrogen-bond donors (Lipinski definition) is 3. The monoisotopic (exact) mass is 404 g/mol. The average molecular weight is 404 g/mol. The number of aromatic nitrogens is 1. The van der Waals surface area contributed by atoms with E-state index in [-0.39, 0.29) is 17.3 Å². The predicted molar refractivity (Wildman–Crippen MR) is 111 cm³/mol. The van der Waals surface area contributed by atoms with Gasteiger partial charge in [-0.1, -0.05) is 19.9 Å². The first kappa shape index (κ1) is 22.6. The van der Waals surface area contributed by atoms with Crippen molar-refractivity contribution in [3.8, 4) is 0 Å². The summed E-state index contributed by atoms with van der Waals surface area (Å²) in [4.78, 5) is 18.9. The van der Waals surface area contributed by atoms with Gasteiger partial charge in [-0.15, -0.1) is 0 Å². The fourth-order valence-corrected chi connectivity index (χ4v) is 2.72. The Morgan fingerprint density at radius 3 is 2.55 bits per heavy atom. The van der Waals surface area contributed by atoms with Gasteiger partial charge in [0.15, 0.2) is 0 Å². The number of ether oxygens (including phenoxy) is 1. The molecule has 1 aromatic heterocycles. The van der Waals surface area contributed by atoms with Gasteiger partial charge in [-0.3, -0.25) is 15.5 Å². The van der Waals surface area contributed by atoms with E-state index in [0.717, 1.165) is 17.4 Å². The molecule has 2 rings (SSSR count). The van der Waals surface area contributed by atoms with Gasteiger partial charge in [-0.2, -0.15) is 0 Å². The zero-order chi connectivity index (χ0) is 21.4. The first-order chi connectivity index (χ1) is 13.8. The van der Waals surface area contributed by atoms with Crippen LogP contribution < -0.4 is 15.7 Å². The maximum absolute atomic E-state index is 14.2. The Morgan fingerprint density at radius 1 is 1.24 bits per heavy atom. The number of halogens is 1. The van der Waals surface area contributed by atoms with Crippen molar-refractivity contribution in [2.24, 2.45) is 5.92 Å². The molecule has 0 saturated heterocycles. The van der Waals surface area contributed by atoms with Crippen LogP contribution in [-0.4, -0.2) is 49.4 Å². The Hall–Kier alpha value is -2.71. The summed E-state index contributed by atoms with van der Waals surface area (Å²) in [7, 11) is 3.83. The van der Waals surface area contributed by atoms with Crippen LogP contribution in [0.3, 0.4) is 0 Å². The van der Waals surface area contributed by atoms with Crippen molar-refractivity contribution >= 4 is 17.4 Å². The van der Waals surface area contributed by atoms with Crippen LogP contribution in [0, 0.1) is 11.7 Å². The van der Waals surface area contributed by atoms with E-state index in [1.54, 1.807) is 6.20 Å². The van der Waals surface area contributed by atoms with Crippen LogP contribution in [0.15, 0.2) is 36.5 Å². The lowest BCUT2D eigenvalue weighted by Gasteiger charge is -2.20. The third-order valence-electron chi connectivity index (χ3n) is 4.20. The summed E-state index contributed by atoms with van der Waals surface area (Å²) in [6.45, 7) is 4.96. The molecule has 1 aromatic carbocycles. The van der Waals surface area contributed by atoms with E-state index in [0.29, 0.717) is 25.6 Å². The molecule has 0 aliphatic rings. The van der Waals surface area contributed by atoms with E-state index in [2.05, 4.69) is 10.3 Å². The molecule has 0 aliphatic heterocycles. The molecule has 0 fully saturated rings. The second kappa shape index (κ2) is 10.7. The SMILES string of the molecule is CC(C)COCC(Cc1ccc(N(C)C)nc1)NC(=O)c1ccc(NO)cc1F. The van der Waals surface area contributed by atoms with Crippen molar-refractivity contribution in [3.63, 3.8) is 0 Å². The molecule has 29 heavy (non-hydrogen) atoms. The Balaban J connectivity index is 2.11. The molecule has 7 nitrogen and oxygen atoms in total. The molecule has 0 saturated carbocycles. The lowest BCUT2D eigenvalue weighted by atomic mass is 10.1. The molecule has 1 amide bonds. The smallest absolute Gasteiger partial charge is 0.254 e. The molecule has 1 unspecified atom stereocenters. The van der Waals surface area contributed by atoms with E-state index in [1.165, 1.54) is 12.1 Å². The van der Waals surface area contributed by atoms with Gasteiger partial charge >= 0.3 is 0 Å². The summed E-state index contributed by atoms with van der Waals surface area (Å²) in [5, 5.41) is 11.7. The number of pyridine rings is 1. The maximum atomic E-state index is 14.2. The van der Waals surface area contributed by atoms with Crippen LogP contribution in [0.2, 0.25) is 0 Å². The Morgan fingerprint density at radius 2 is 2.00 bits per heavy atom. The minimum absolute atomic E-state index is 0.0982. The second-order valence-electron chi connectivity index (χ2n) is 7.53. The summed E-state index contributed by atoms with van der Waals surface area (Å²) in [6, 6.07) is 7.32. The minimum Gasteiger partial charge on any atom is -0.379 e. The molecule has 0 radical (unpaired) electrons. The second-order valence-corrected chi connectivity index (χ2v) is 7.53. The van der Waals surface area contributed by atoms with Crippen LogP contribution in [0.25, 0.3) is 0 Å². The van der Waals surface area contributed by atoms with Gasteiger partial charge in [0.25, 0.3) is 5.91 Å². The number of benzene rings is 1. The molecule has 3 N–H and O–H groups in total. The van der Waals surface area contributed by atoms with Gasteiger partial charge in [-0.05, 0) is 36.1 Å². The largest absolute Gasteiger partial charge is 0.379 e. The first-order valence-electron chi connectivity index (χ1n) is 9.50. The molecular weight excluding hydrogens is 375 g/mol. The number of nitrogens with one attached hydrogen (secondary N) is 2. The molecule has 0 bridgehead atoms. The fraction of sp³-hybridized carbons (Fsp3) is 0.429. The lowest BCUT2D eigenvalue weighted by molar-refractivity contribution is 0.0764. The van der Waals surface area contributed by atoms with Crippen LogP contribution in [0.1, 0.15) is 29.8 Å². The van der Waals surface area contributed by atoms with Gasteiger partial charge < -0.3 is 15.0 Å². The summed E-state index contributed by atoms with van der Waals surface area (Å²) in [5.74, 6) is -0.0585. The molecule has 1 heterocycles. The number of rotatable bonds is 10. The number of anilines is 2. The molecule has 0 spiro atoms. The number of nitrogens with zero attached hydrogens (tertiary/aromatic N) is 2. The highest BCUT2D eigenvalue weighted by atomic mass is 19.1. The Labute approximate surface area is 170 Å². The zero-order valence-electron chi connectivity index (χ0n) is 17.3. The summed E-state index contributed by atoms with van der Waals surface area (Å²) in [5.41, 5.74) is 2.87. The summed E-state index contributed by atoms with van der Waals surface area (Å²) >= 11 is 0. The van der Waals surface area contributed by atoms with Crippen molar-refractivity contribution in [1.29, 1.82) is 0 Å². The van der Waals surface area contributed by atoms with E-state index >= 15 is 0 Å². The molecule has 1 atom stereocenters. The summed E-state index contributed by atoms with van der Waals surface area (Å²) in [6.07, 6.45) is 2.27. The van der Waals surface area contributed by atoms with Gasteiger partial charge in [-0.25, -0.2) is 9.37 Å². The lowest BCUT2D eigenvalue weighted by Crippen LogP contribution is -2.40. The van der Waals surface area contributed by atoms with Crippen LogP contribution in [-0.2, 0) is 11.2 Å². The first-order valence-corrected chi connectivity index (χ1v) is 9.50. The van der Waals surface area contributed by atoms with Crippen LogP contribution >= 0.6 is 0 Å². The van der Waals surface area contributed by atoms with Crippen molar-refractivity contribution in [2.75, 3.05) is 37.7 Å². The van der Waals surface area contributed by atoms with E-state index in [1.807, 2.05) is 50.5 Å². The number of carbonyl (C=O) groups excluding carboxylic acids is 1. The van der Waals surface area contributed by atoms with E-state index in [4.69, 9.17) is 9.94 Å². The van der Waals surface area contributed by atoms with Crippen LogP contribution in [0.5, 0.6) is 0 Å². The Kier molecular flexibility index (Phi) is 8.35. The highest BCUT2D eigenvalue weighted by Crippen LogP contribution is 2.15. The molecule has 0 aliphatic carbocycles. The number of carbonyl (C=O) groups is 1. The third-order valence-corrected chi connectivity index (χ3v) is 4.20. The van der Waals surface area contributed by atoms with Gasteiger partial charge in [0, 0.05) is 33.0 Å². The normalized spacial score (nSPS) is 12.0. The summed E-state index contributed by atoms with van der Waals surface area (Å²) < 4.78 is 19.9. The van der Waals surface area contributed by atoms with E-state index in [9.17, 15) is 9.18 Å². The van der Waals surface area contributed by atoms with E-state index < -0.39 is 11.7 Å². The number of amides is 1. The van der Waals surface area contributed by atoms with Crippen molar-refractivity contribution < 1.29 is 19.1 Å². The van der Waals surface area contributed by atoms with Crippen molar-refractivity contribution in [3.05, 3.63) is 53.5 Å². The van der Waals surface area contributed by atoms with Gasteiger partial charge in [0.05, 0.1) is 23.9 Å². The molecular formula is C21H29FN4O3. The quantitative estimate of drug-likeness (QED) is 0.528. The minimum atomic E-state index is -0.722.